The van der Waals surface area contributed by atoms with Crippen LogP contribution in [-0.4, -0.2) is 34.7 Å². The largest absolute Gasteiger partial charge is 0.356 e. The third-order valence-corrected chi connectivity index (χ3v) is 5.98. The molecule has 0 spiro atoms. The quantitative estimate of drug-likeness (QED) is 0.615. The van der Waals surface area contributed by atoms with Crippen molar-refractivity contribution in [1.82, 2.24) is 9.97 Å². The monoisotopic (exact) mass is 384 g/mol. The first kappa shape index (κ1) is 19.7. The number of carbonyl (C=O) groups is 1. The number of amides is 1. The number of hydrogen-bond donors (Lipinski definition) is 1. The van der Waals surface area contributed by atoms with E-state index in [-0.39, 0.29) is 5.91 Å². The van der Waals surface area contributed by atoms with Crippen molar-refractivity contribution in [3.63, 3.8) is 0 Å². The lowest BCUT2D eigenvalue weighted by Gasteiger charge is -2.35. The number of aromatic nitrogens is 2. The second-order valence-corrected chi connectivity index (χ2v) is 8.65. The van der Waals surface area contributed by atoms with Crippen molar-refractivity contribution in [2.24, 2.45) is 11.8 Å². The van der Waals surface area contributed by atoms with Crippen molar-refractivity contribution in [2.45, 2.75) is 39.1 Å². The number of benzene rings is 1. The van der Waals surface area contributed by atoms with E-state index in [2.05, 4.69) is 34.0 Å². The first-order chi connectivity index (χ1) is 12.9. The van der Waals surface area contributed by atoms with Crippen molar-refractivity contribution in [3.8, 4) is 0 Å². The van der Waals surface area contributed by atoms with Crippen molar-refractivity contribution < 1.29 is 4.79 Å². The zero-order chi connectivity index (χ0) is 19.4. The number of piperidine rings is 1. The summed E-state index contributed by atoms with van der Waals surface area (Å²) in [6.45, 7) is 10.7. The van der Waals surface area contributed by atoms with Crippen LogP contribution in [0.25, 0.3) is 0 Å². The van der Waals surface area contributed by atoms with Gasteiger partial charge in [0.15, 0.2) is 0 Å². The summed E-state index contributed by atoms with van der Waals surface area (Å²) < 4.78 is 0. The van der Waals surface area contributed by atoms with Gasteiger partial charge >= 0.3 is 0 Å². The molecule has 1 aromatic carbocycles. The smallest absolute Gasteiger partial charge is 0.234 e. The van der Waals surface area contributed by atoms with Crippen LogP contribution in [0.15, 0.2) is 35.6 Å². The SMILES string of the molecule is Cc1cccc(NC(=O)CSc2cc(N3CC(C)CC(C)C3)ncn2)c1C. The van der Waals surface area contributed by atoms with Gasteiger partial charge in [-0.25, -0.2) is 9.97 Å². The number of anilines is 2. The molecule has 27 heavy (non-hydrogen) atoms. The lowest BCUT2D eigenvalue weighted by atomic mass is 9.92. The van der Waals surface area contributed by atoms with Crippen LogP contribution < -0.4 is 10.2 Å². The maximum Gasteiger partial charge on any atom is 0.234 e. The van der Waals surface area contributed by atoms with E-state index in [0.717, 1.165) is 35.2 Å². The van der Waals surface area contributed by atoms with E-state index < -0.39 is 0 Å². The van der Waals surface area contributed by atoms with Gasteiger partial charge in [-0.2, -0.15) is 0 Å². The van der Waals surface area contributed by atoms with Crippen molar-refractivity contribution in [2.75, 3.05) is 29.1 Å². The lowest BCUT2D eigenvalue weighted by Crippen LogP contribution is -2.39. The summed E-state index contributed by atoms with van der Waals surface area (Å²) in [5.41, 5.74) is 3.15. The van der Waals surface area contributed by atoms with Crippen LogP contribution in [0, 0.1) is 25.7 Å². The highest BCUT2D eigenvalue weighted by Crippen LogP contribution is 2.27. The van der Waals surface area contributed by atoms with Gasteiger partial charge in [0.25, 0.3) is 0 Å². The van der Waals surface area contributed by atoms with Crippen LogP contribution in [0.5, 0.6) is 0 Å². The molecule has 2 atom stereocenters. The van der Waals surface area contributed by atoms with Gasteiger partial charge in [0.1, 0.15) is 17.2 Å². The van der Waals surface area contributed by atoms with Crippen LogP contribution >= 0.6 is 11.8 Å². The van der Waals surface area contributed by atoms with Crippen LogP contribution in [0.2, 0.25) is 0 Å². The molecule has 3 rings (SSSR count). The van der Waals surface area contributed by atoms with Gasteiger partial charge in [0.05, 0.1) is 5.75 Å². The molecule has 0 radical (unpaired) electrons. The minimum atomic E-state index is -0.0194. The lowest BCUT2D eigenvalue weighted by molar-refractivity contribution is -0.113. The Morgan fingerprint density at radius 1 is 1.22 bits per heavy atom. The molecular weight excluding hydrogens is 356 g/mol. The third-order valence-electron chi connectivity index (χ3n) is 5.05. The molecule has 0 saturated carbocycles. The predicted molar refractivity (Wildman–Crippen MR) is 112 cm³/mol. The molecular formula is C21H28N4OS. The topological polar surface area (TPSA) is 58.1 Å². The highest BCUT2D eigenvalue weighted by molar-refractivity contribution is 7.99. The van der Waals surface area contributed by atoms with Gasteiger partial charge in [0.2, 0.25) is 5.91 Å². The molecule has 1 amide bonds. The van der Waals surface area contributed by atoms with E-state index in [9.17, 15) is 4.79 Å². The number of aryl methyl sites for hydroxylation is 1. The van der Waals surface area contributed by atoms with Gasteiger partial charge in [0, 0.05) is 24.8 Å². The van der Waals surface area contributed by atoms with Crippen molar-refractivity contribution in [3.05, 3.63) is 41.7 Å². The van der Waals surface area contributed by atoms with Crippen LogP contribution in [0.1, 0.15) is 31.4 Å². The summed E-state index contributed by atoms with van der Waals surface area (Å²) in [5.74, 6) is 2.61. The molecule has 2 aromatic rings. The molecule has 1 aliphatic rings. The van der Waals surface area contributed by atoms with Gasteiger partial charge in [-0.1, -0.05) is 37.7 Å². The molecule has 1 aromatic heterocycles. The Bertz CT molecular complexity index is 801. The molecule has 144 valence electrons. The molecule has 0 bridgehead atoms. The molecule has 0 aliphatic carbocycles. The molecule has 2 unspecified atom stereocenters. The van der Waals surface area contributed by atoms with E-state index in [0.29, 0.717) is 17.6 Å². The molecule has 5 nitrogen and oxygen atoms in total. The molecule has 1 N–H and O–H groups in total. The first-order valence-corrected chi connectivity index (χ1v) is 10.5. The number of rotatable bonds is 5. The van der Waals surface area contributed by atoms with Gasteiger partial charge < -0.3 is 10.2 Å². The second kappa shape index (κ2) is 8.74. The van der Waals surface area contributed by atoms with Gasteiger partial charge in [-0.05, 0) is 49.3 Å². The highest BCUT2D eigenvalue weighted by atomic mass is 32.2. The fourth-order valence-corrected chi connectivity index (χ4v) is 4.31. The Hall–Kier alpha value is -2.08. The van der Waals surface area contributed by atoms with E-state index >= 15 is 0 Å². The Kier molecular flexibility index (Phi) is 6.37. The standard InChI is InChI=1S/C21H28N4OS/c1-14-8-15(2)11-25(10-14)19-9-21(23-13-22-19)27-12-20(26)24-18-7-5-6-16(3)17(18)4/h5-7,9,13-15H,8,10-12H2,1-4H3,(H,24,26). The summed E-state index contributed by atoms with van der Waals surface area (Å²) in [4.78, 5) is 23.4. The third kappa shape index (κ3) is 5.22. The number of carbonyl (C=O) groups excluding carboxylic acids is 1. The number of nitrogens with one attached hydrogen (secondary N) is 1. The van der Waals surface area contributed by atoms with Crippen LogP contribution in [0.3, 0.4) is 0 Å². The van der Waals surface area contributed by atoms with Crippen molar-refractivity contribution in [1.29, 1.82) is 0 Å². The summed E-state index contributed by atoms with van der Waals surface area (Å²) in [6.07, 6.45) is 2.87. The molecule has 1 fully saturated rings. The Morgan fingerprint density at radius 2 is 1.96 bits per heavy atom. The molecule has 6 heteroatoms. The van der Waals surface area contributed by atoms with E-state index in [1.807, 2.05) is 38.1 Å². The maximum atomic E-state index is 12.3. The summed E-state index contributed by atoms with van der Waals surface area (Å²) in [5, 5.41) is 3.83. The minimum Gasteiger partial charge on any atom is -0.356 e. The highest BCUT2D eigenvalue weighted by Gasteiger charge is 2.23. The fourth-order valence-electron chi connectivity index (χ4n) is 3.64. The molecule has 1 aliphatic heterocycles. The average molecular weight is 385 g/mol. The van der Waals surface area contributed by atoms with Crippen LogP contribution in [-0.2, 0) is 4.79 Å². The van der Waals surface area contributed by atoms with E-state index in [4.69, 9.17) is 0 Å². The summed E-state index contributed by atoms with van der Waals surface area (Å²) in [6, 6.07) is 7.94. The Labute approximate surface area is 166 Å². The van der Waals surface area contributed by atoms with Gasteiger partial charge in [-0.15, -0.1) is 0 Å². The summed E-state index contributed by atoms with van der Waals surface area (Å²) in [7, 11) is 0. The Morgan fingerprint density at radius 3 is 2.70 bits per heavy atom. The number of nitrogens with zero attached hydrogens (tertiary/aromatic N) is 3. The van der Waals surface area contributed by atoms with Crippen molar-refractivity contribution >= 4 is 29.2 Å². The molecule has 1 saturated heterocycles. The maximum absolute atomic E-state index is 12.3. The zero-order valence-corrected chi connectivity index (χ0v) is 17.3. The fraction of sp³-hybridized carbons (Fsp3) is 0.476. The zero-order valence-electron chi connectivity index (χ0n) is 16.5. The second-order valence-electron chi connectivity index (χ2n) is 7.65. The predicted octanol–water partition coefficient (Wildman–Crippen LogP) is 4.31. The minimum absolute atomic E-state index is 0.0194. The first-order valence-electron chi connectivity index (χ1n) is 9.48. The Balaban J connectivity index is 1.59. The molecule has 2 heterocycles. The van der Waals surface area contributed by atoms with Crippen LogP contribution in [0.4, 0.5) is 11.5 Å². The number of thioether (sulfide) groups is 1. The number of hydrogen-bond acceptors (Lipinski definition) is 5. The average Bonchev–Trinajstić information content (AvgIpc) is 2.63. The van der Waals surface area contributed by atoms with Gasteiger partial charge in [-0.3, -0.25) is 4.79 Å². The van der Waals surface area contributed by atoms with E-state index in [1.165, 1.54) is 23.7 Å². The van der Waals surface area contributed by atoms with E-state index in [1.54, 1.807) is 6.33 Å². The normalized spacial score (nSPS) is 19.8. The summed E-state index contributed by atoms with van der Waals surface area (Å²) >= 11 is 1.45.